The third-order valence-corrected chi connectivity index (χ3v) is 3.10. The minimum Gasteiger partial charge on any atom is -0.443 e. The summed E-state index contributed by atoms with van der Waals surface area (Å²) >= 11 is 5.28. The van der Waals surface area contributed by atoms with Crippen LogP contribution in [-0.4, -0.2) is 5.43 Å². The number of hydrogen-bond donors (Lipinski definition) is 0. The molecule has 0 N–H and O–H groups in total. The number of benzene rings is 2. The number of carbonyl (C=O) groups is 1. The molecule has 19 heavy (non-hydrogen) atoms. The van der Waals surface area contributed by atoms with E-state index in [-0.39, 0.29) is 0 Å². The van der Waals surface area contributed by atoms with Gasteiger partial charge >= 0.3 is 5.43 Å². The zero-order chi connectivity index (χ0) is 13.9. The smallest absolute Gasteiger partial charge is 0.404 e. The molecule has 0 saturated heterocycles. The molecule has 3 heteroatoms. The minimum atomic E-state index is -0.794. The zero-order valence-electron chi connectivity index (χ0n) is 10.9. The Balaban J connectivity index is 2.26. The van der Waals surface area contributed by atoms with Crippen LogP contribution in [0.2, 0.25) is 0 Å². The maximum atomic E-state index is 10.9. The van der Waals surface area contributed by atoms with E-state index >= 15 is 0 Å². The summed E-state index contributed by atoms with van der Waals surface area (Å²) in [5, 5.41) is 0. The zero-order valence-corrected chi connectivity index (χ0v) is 11.6. The highest BCUT2D eigenvalue weighted by molar-refractivity contribution is 6.61. The summed E-state index contributed by atoms with van der Waals surface area (Å²) in [6, 6.07) is 18.0. The molecule has 2 rings (SSSR count). The number of ether oxygens (including phenoxy) is 1. The second-order valence-electron chi connectivity index (χ2n) is 4.79. The molecule has 2 nitrogen and oxygen atoms in total. The van der Waals surface area contributed by atoms with Crippen LogP contribution in [0.3, 0.4) is 0 Å². The van der Waals surface area contributed by atoms with Gasteiger partial charge in [-0.15, -0.1) is 0 Å². The highest BCUT2D eigenvalue weighted by Crippen LogP contribution is 2.28. The van der Waals surface area contributed by atoms with Crippen molar-refractivity contribution in [2.75, 3.05) is 0 Å². The number of halogens is 1. The third kappa shape index (κ3) is 3.36. The van der Waals surface area contributed by atoms with Gasteiger partial charge in [0.05, 0.1) is 0 Å². The first-order valence-corrected chi connectivity index (χ1v) is 6.41. The second-order valence-corrected chi connectivity index (χ2v) is 5.10. The molecule has 0 radical (unpaired) electrons. The predicted molar refractivity (Wildman–Crippen MR) is 77.2 cm³/mol. The molecule has 0 atom stereocenters. The molecule has 0 heterocycles. The van der Waals surface area contributed by atoms with Gasteiger partial charge in [0.15, 0.2) is 0 Å². The highest BCUT2D eigenvalue weighted by atomic mass is 35.5. The fraction of sp³-hybridized carbons (Fsp3) is 0.188. The molecule has 0 aliphatic rings. The lowest BCUT2D eigenvalue weighted by atomic mass is 9.95. The lowest BCUT2D eigenvalue weighted by Gasteiger charge is -2.24. The monoisotopic (exact) mass is 274 g/mol. The molecule has 0 aliphatic heterocycles. The van der Waals surface area contributed by atoms with E-state index in [9.17, 15) is 4.79 Å². The first-order chi connectivity index (χ1) is 8.99. The summed E-state index contributed by atoms with van der Waals surface area (Å²) < 4.78 is 5.10. The van der Waals surface area contributed by atoms with E-state index in [1.165, 1.54) is 0 Å². The summed E-state index contributed by atoms with van der Waals surface area (Å²) in [4.78, 5) is 10.9. The van der Waals surface area contributed by atoms with Crippen molar-refractivity contribution in [2.45, 2.75) is 19.4 Å². The van der Waals surface area contributed by atoms with Crippen LogP contribution in [0.5, 0.6) is 0 Å². The fourth-order valence-corrected chi connectivity index (χ4v) is 2.15. The van der Waals surface area contributed by atoms with E-state index in [0.29, 0.717) is 0 Å². The van der Waals surface area contributed by atoms with Crippen molar-refractivity contribution < 1.29 is 9.53 Å². The Labute approximate surface area is 118 Å². The van der Waals surface area contributed by atoms with Gasteiger partial charge in [0.2, 0.25) is 0 Å². The fourth-order valence-electron chi connectivity index (χ4n) is 1.95. The van der Waals surface area contributed by atoms with Gasteiger partial charge in [-0.2, -0.15) is 0 Å². The first-order valence-electron chi connectivity index (χ1n) is 6.03. The van der Waals surface area contributed by atoms with Gasteiger partial charge in [-0.25, -0.2) is 4.79 Å². The quantitative estimate of drug-likeness (QED) is 0.739. The molecule has 0 saturated carbocycles. The van der Waals surface area contributed by atoms with Crippen molar-refractivity contribution in [1.29, 1.82) is 0 Å². The van der Waals surface area contributed by atoms with Gasteiger partial charge in [0, 0.05) is 11.6 Å². The molecular weight excluding hydrogens is 260 g/mol. The maximum absolute atomic E-state index is 10.9. The van der Waals surface area contributed by atoms with Crippen molar-refractivity contribution in [1.82, 2.24) is 0 Å². The molecule has 98 valence electrons. The molecule has 0 bridgehead atoms. The molecule has 0 aliphatic carbocycles. The normalized spacial score (nSPS) is 11.1. The lowest BCUT2D eigenvalue weighted by molar-refractivity contribution is 0.0552. The SMILES string of the molecule is CC(C)(OC(=O)Cl)c1ccc(-c2ccccc2)cc1. The summed E-state index contributed by atoms with van der Waals surface area (Å²) in [5.41, 5.74) is 1.66. The molecular formula is C16H15ClO2. The van der Waals surface area contributed by atoms with Crippen molar-refractivity contribution in [3.63, 3.8) is 0 Å². The maximum Gasteiger partial charge on any atom is 0.404 e. The molecule has 2 aromatic carbocycles. The Morgan fingerprint density at radius 3 is 2.00 bits per heavy atom. The highest BCUT2D eigenvalue weighted by Gasteiger charge is 2.24. The largest absolute Gasteiger partial charge is 0.443 e. The van der Waals surface area contributed by atoms with Crippen molar-refractivity contribution in [3.8, 4) is 11.1 Å². The molecule has 0 spiro atoms. The van der Waals surface area contributed by atoms with E-state index in [1.54, 1.807) is 0 Å². The Kier molecular flexibility index (Phi) is 3.91. The molecule has 2 aromatic rings. The van der Waals surface area contributed by atoms with E-state index in [4.69, 9.17) is 16.3 Å². The Bertz CT molecular complexity index is 559. The molecule has 0 unspecified atom stereocenters. The van der Waals surface area contributed by atoms with E-state index in [2.05, 4.69) is 12.1 Å². The summed E-state index contributed by atoms with van der Waals surface area (Å²) in [6.45, 7) is 3.62. The summed E-state index contributed by atoms with van der Waals surface area (Å²) in [6.07, 6.45) is 0. The Hall–Kier alpha value is -1.80. The van der Waals surface area contributed by atoms with Gasteiger partial charge in [0.25, 0.3) is 0 Å². The van der Waals surface area contributed by atoms with Gasteiger partial charge < -0.3 is 4.74 Å². The lowest BCUT2D eigenvalue weighted by Crippen LogP contribution is -2.22. The topological polar surface area (TPSA) is 26.3 Å². The van der Waals surface area contributed by atoms with Crippen LogP contribution in [-0.2, 0) is 10.3 Å². The van der Waals surface area contributed by atoms with Crippen molar-refractivity contribution >= 4 is 17.0 Å². The van der Waals surface area contributed by atoms with Crippen molar-refractivity contribution in [3.05, 3.63) is 60.2 Å². The Morgan fingerprint density at radius 2 is 1.47 bits per heavy atom. The first kappa shape index (κ1) is 13.6. The van der Waals surface area contributed by atoms with Crippen LogP contribution in [0.4, 0.5) is 4.79 Å². The third-order valence-electron chi connectivity index (χ3n) is 3.02. The summed E-state index contributed by atoms with van der Waals surface area (Å²) in [7, 11) is 0. The molecule has 0 aromatic heterocycles. The number of hydrogen-bond acceptors (Lipinski definition) is 2. The van der Waals surface area contributed by atoms with Gasteiger partial charge in [-0.3, -0.25) is 0 Å². The van der Waals surface area contributed by atoms with Gasteiger partial charge in [-0.05, 0) is 30.5 Å². The number of rotatable bonds is 3. The average Bonchev–Trinajstić information content (AvgIpc) is 2.38. The van der Waals surface area contributed by atoms with E-state index in [1.807, 2.05) is 56.3 Å². The van der Waals surface area contributed by atoms with Crippen LogP contribution < -0.4 is 0 Å². The average molecular weight is 275 g/mol. The van der Waals surface area contributed by atoms with E-state index in [0.717, 1.165) is 16.7 Å². The van der Waals surface area contributed by atoms with Gasteiger partial charge in [0.1, 0.15) is 5.60 Å². The van der Waals surface area contributed by atoms with Crippen LogP contribution in [0.1, 0.15) is 19.4 Å². The van der Waals surface area contributed by atoms with Crippen LogP contribution >= 0.6 is 11.6 Å². The van der Waals surface area contributed by atoms with Crippen LogP contribution in [0, 0.1) is 0 Å². The van der Waals surface area contributed by atoms with E-state index < -0.39 is 11.0 Å². The second kappa shape index (κ2) is 5.45. The van der Waals surface area contributed by atoms with Crippen LogP contribution in [0.25, 0.3) is 11.1 Å². The molecule has 0 fully saturated rings. The van der Waals surface area contributed by atoms with Gasteiger partial charge in [-0.1, -0.05) is 54.6 Å². The minimum absolute atomic E-state index is 0.728. The standard InChI is InChI=1S/C16H15ClO2/c1-16(2,19-15(17)18)14-10-8-13(9-11-14)12-6-4-3-5-7-12/h3-11H,1-2H3. The van der Waals surface area contributed by atoms with Crippen LogP contribution in [0.15, 0.2) is 54.6 Å². The summed E-state index contributed by atoms with van der Waals surface area (Å²) in [5.74, 6) is 0. The number of carbonyl (C=O) groups excluding carboxylic acids is 1. The van der Waals surface area contributed by atoms with Crippen molar-refractivity contribution in [2.24, 2.45) is 0 Å². The Morgan fingerprint density at radius 1 is 0.947 bits per heavy atom. The predicted octanol–water partition coefficient (Wildman–Crippen LogP) is 4.96. The molecule has 0 amide bonds.